The van der Waals surface area contributed by atoms with Crippen molar-refractivity contribution in [1.82, 2.24) is 5.32 Å². The van der Waals surface area contributed by atoms with Gasteiger partial charge in [0.25, 0.3) is 5.91 Å². The largest absolute Gasteiger partial charge is 0.486 e. The van der Waals surface area contributed by atoms with Crippen molar-refractivity contribution in [1.29, 1.82) is 0 Å². The summed E-state index contributed by atoms with van der Waals surface area (Å²) in [6, 6.07) is 22.5. The Morgan fingerprint density at radius 3 is 2.11 bits per heavy atom. The van der Waals surface area contributed by atoms with Gasteiger partial charge in [-0.3, -0.25) is 9.59 Å². The maximum absolute atomic E-state index is 12.3. The Labute approximate surface area is 227 Å². The number of hydrogen-bond donors (Lipinski definition) is 2. The average Bonchev–Trinajstić information content (AvgIpc) is 2.88. The zero-order chi connectivity index (χ0) is 27.7. The van der Waals surface area contributed by atoms with Crippen LogP contribution in [0, 0.1) is 12.8 Å². The molecular weight excluding hydrogens is 474 g/mol. The van der Waals surface area contributed by atoms with Gasteiger partial charge >= 0.3 is 5.97 Å². The van der Waals surface area contributed by atoms with Crippen molar-refractivity contribution in [2.75, 3.05) is 6.54 Å². The number of carboxylic acids is 1. The first-order valence-electron chi connectivity index (χ1n) is 13.6. The summed E-state index contributed by atoms with van der Waals surface area (Å²) in [7, 11) is 0. The first kappa shape index (κ1) is 29.0. The van der Waals surface area contributed by atoms with Gasteiger partial charge in [0.15, 0.2) is 0 Å². The lowest BCUT2D eigenvalue weighted by atomic mass is 9.93. The highest BCUT2D eigenvalue weighted by Crippen LogP contribution is 2.32. The van der Waals surface area contributed by atoms with Crippen LogP contribution in [0.3, 0.4) is 0 Å². The van der Waals surface area contributed by atoms with Crippen molar-refractivity contribution in [3.05, 3.63) is 89.0 Å². The molecule has 5 nitrogen and oxygen atoms in total. The number of rotatable bonds is 13. The minimum absolute atomic E-state index is 0.0972. The summed E-state index contributed by atoms with van der Waals surface area (Å²) < 4.78 is 6.46. The van der Waals surface area contributed by atoms with Crippen LogP contribution in [-0.4, -0.2) is 23.5 Å². The Balaban J connectivity index is 1.76. The van der Waals surface area contributed by atoms with Crippen LogP contribution < -0.4 is 10.1 Å². The number of nitrogens with one attached hydrogen (secondary N) is 1. The molecule has 0 aliphatic carbocycles. The molecule has 0 aliphatic rings. The SMILES string of the molecule is Cc1cc([C@@H](CCCC(C)C)Oc2ccc(C(=O)NCCC(=O)O)cc2)ccc1-c1ccc(C(C)C)cc1. The van der Waals surface area contributed by atoms with Crippen LogP contribution >= 0.6 is 0 Å². The number of amides is 1. The second kappa shape index (κ2) is 13.8. The van der Waals surface area contributed by atoms with Crippen LogP contribution in [-0.2, 0) is 4.79 Å². The maximum Gasteiger partial charge on any atom is 0.305 e. The average molecular weight is 516 g/mol. The topological polar surface area (TPSA) is 75.6 Å². The summed E-state index contributed by atoms with van der Waals surface area (Å²) in [5.41, 5.74) is 6.61. The number of hydrogen-bond acceptors (Lipinski definition) is 3. The summed E-state index contributed by atoms with van der Waals surface area (Å²) in [6.45, 7) is 11.1. The highest BCUT2D eigenvalue weighted by Gasteiger charge is 2.16. The van der Waals surface area contributed by atoms with Crippen LogP contribution in [0.15, 0.2) is 66.7 Å². The van der Waals surface area contributed by atoms with Gasteiger partial charge in [-0.25, -0.2) is 0 Å². The number of carboxylic acid groups (broad SMARTS) is 1. The van der Waals surface area contributed by atoms with Crippen molar-refractivity contribution < 1.29 is 19.4 Å². The Bertz CT molecular complexity index is 1200. The van der Waals surface area contributed by atoms with E-state index in [1.807, 2.05) is 0 Å². The molecule has 2 N–H and O–H groups in total. The van der Waals surface area contributed by atoms with Gasteiger partial charge in [0, 0.05) is 12.1 Å². The molecule has 0 saturated carbocycles. The summed E-state index contributed by atoms with van der Waals surface area (Å²) in [5, 5.41) is 11.4. The Kier molecular flexibility index (Phi) is 10.5. The van der Waals surface area contributed by atoms with Gasteiger partial charge in [-0.2, -0.15) is 0 Å². The smallest absolute Gasteiger partial charge is 0.305 e. The molecule has 0 unspecified atom stereocenters. The van der Waals surface area contributed by atoms with E-state index < -0.39 is 5.97 Å². The predicted octanol–water partition coefficient (Wildman–Crippen LogP) is 7.94. The lowest BCUT2D eigenvalue weighted by molar-refractivity contribution is -0.136. The molecular formula is C33H41NO4. The van der Waals surface area contributed by atoms with Gasteiger partial charge in [-0.1, -0.05) is 76.6 Å². The van der Waals surface area contributed by atoms with Gasteiger partial charge in [0.2, 0.25) is 0 Å². The van der Waals surface area contributed by atoms with E-state index in [9.17, 15) is 9.59 Å². The van der Waals surface area contributed by atoms with Crippen molar-refractivity contribution in [2.45, 2.75) is 72.3 Å². The molecule has 38 heavy (non-hydrogen) atoms. The first-order valence-corrected chi connectivity index (χ1v) is 13.6. The van der Waals surface area contributed by atoms with E-state index >= 15 is 0 Å². The number of aliphatic carboxylic acids is 1. The summed E-state index contributed by atoms with van der Waals surface area (Å²) in [4.78, 5) is 23.0. The van der Waals surface area contributed by atoms with Crippen LogP contribution in [0.25, 0.3) is 11.1 Å². The number of ether oxygens (including phenoxy) is 1. The zero-order valence-corrected chi connectivity index (χ0v) is 23.3. The van der Waals surface area contributed by atoms with Crippen molar-refractivity contribution in [3.8, 4) is 16.9 Å². The molecule has 0 bridgehead atoms. The van der Waals surface area contributed by atoms with E-state index in [-0.39, 0.29) is 25.0 Å². The Hall–Kier alpha value is -3.60. The molecule has 0 spiro atoms. The molecule has 3 aromatic rings. The van der Waals surface area contributed by atoms with E-state index in [0.29, 0.717) is 23.1 Å². The quantitative estimate of drug-likeness (QED) is 0.242. The molecule has 0 aliphatic heterocycles. The molecule has 0 radical (unpaired) electrons. The fourth-order valence-electron chi connectivity index (χ4n) is 4.50. The second-order valence-corrected chi connectivity index (χ2v) is 10.7. The molecule has 0 aromatic heterocycles. The highest BCUT2D eigenvalue weighted by atomic mass is 16.5. The van der Waals surface area contributed by atoms with E-state index in [1.165, 1.54) is 22.3 Å². The minimum Gasteiger partial charge on any atom is -0.486 e. The summed E-state index contributed by atoms with van der Waals surface area (Å²) >= 11 is 0. The number of benzene rings is 3. The van der Waals surface area contributed by atoms with Crippen LogP contribution in [0.2, 0.25) is 0 Å². The molecule has 1 amide bonds. The summed E-state index contributed by atoms with van der Waals surface area (Å²) in [5.74, 6) is 0.612. The third-order valence-electron chi connectivity index (χ3n) is 6.78. The maximum atomic E-state index is 12.3. The van der Waals surface area contributed by atoms with E-state index in [1.54, 1.807) is 24.3 Å². The van der Waals surface area contributed by atoms with Gasteiger partial charge in [0.1, 0.15) is 11.9 Å². The second-order valence-electron chi connectivity index (χ2n) is 10.7. The fourth-order valence-corrected chi connectivity index (χ4v) is 4.50. The molecule has 3 aromatic carbocycles. The molecule has 0 fully saturated rings. The molecule has 0 saturated heterocycles. The Morgan fingerprint density at radius 2 is 1.53 bits per heavy atom. The van der Waals surface area contributed by atoms with Gasteiger partial charge < -0.3 is 15.2 Å². The van der Waals surface area contributed by atoms with Gasteiger partial charge in [-0.05, 0) is 83.7 Å². The molecule has 0 heterocycles. The van der Waals surface area contributed by atoms with Crippen molar-refractivity contribution in [3.63, 3.8) is 0 Å². The third-order valence-corrected chi connectivity index (χ3v) is 6.78. The number of carbonyl (C=O) groups is 2. The van der Waals surface area contributed by atoms with Crippen molar-refractivity contribution >= 4 is 11.9 Å². The van der Waals surface area contributed by atoms with E-state index in [2.05, 4.69) is 82.4 Å². The fraction of sp³-hybridized carbons (Fsp3) is 0.394. The van der Waals surface area contributed by atoms with Crippen LogP contribution in [0.4, 0.5) is 0 Å². The minimum atomic E-state index is -0.940. The number of aryl methyl sites for hydroxylation is 1. The zero-order valence-electron chi connectivity index (χ0n) is 23.3. The normalized spacial score (nSPS) is 12.0. The van der Waals surface area contributed by atoms with E-state index in [0.717, 1.165) is 24.8 Å². The molecule has 1 atom stereocenters. The molecule has 3 rings (SSSR count). The third kappa shape index (κ3) is 8.47. The molecule has 202 valence electrons. The lowest BCUT2D eigenvalue weighted by Crippen LogP contribution is -2.25. The number of carbonyl (C=O) groups excluding carboxylic acids is 1. The Morgan fingerprint density at radius 1 is 0.868 bits per heavy atom. The van der Waals surface area contributed by atoms with Crippen LogP contribution in [0.1, 0.15) is 92.4 Å². The lowest BCUT2D eigenvalue weighted by Gasteiger charge is -2.22. The monoisotopic (exact) mass is 515 g/mol. The standard InChI is InChI=1S/C33H41NO4/c1-22(2)7-6-8-31(38-29-16-13-27(14-17-29)33(37)34-20-19-32(35)36)28-15-18-30(24(5)21-28)26-11-9-25(10-12-26)23(3)4/h9-18,21-23,31H,6-8,19-20H2,1-5H3,(H,34,37)(H,35,36)/t31-/m1/s1. The van der Waals surface area contributed by atoms with Crippen molar-refractivity contribution in [2.24, 2.45) is 5.92 Å². The predicted molar refractivity (Wildman–Crippen MR) is 154 cm³/mol. The van der Waals surface area contributed by atoms with Gasteiger partial charge in [-0.15, -0.1) is 0 Å². The van der Waals surface area contributed by atoms with Crippen LogP contribution in [0.5, 0.6) is 5.75 Å². The first-order chi connectivity index (χ1) is 18.1. The summed E-state index contributed by atoms with van der Waals surface area (Å²) in [6.07, 6.45) is 2.89. The van der Waals surface area contributed by atoms with E-state index in [4.69, 9.17) is 9.84 Å². The highest BCUT2D eigenvalue weighted by molar-refractivity contribution is 5.94. The van der Waals surface area contributed by atoms with Gasteiger partial charge in [0.05, 0.1) is 6.42 Å². The molecule has 5 heteroatoms.